The summed E-state index contributed by atoms with van der Waals surface area (Å²) in [5.74, 6) is -0.514. The van der Waals surface area contributed by atoms with Gasteiger partial charge in [0.15, 0.2) is 0 Å². The number of nitrogens with two attached hydrogens (primary N) is 1. The zero-order valence-electron chi connectivity index (χ0n) is 5.33. The van der Waals surface area contributed by atoms with Crippen molar-refractivity contribution in [3.63, 3.8) is 0 Å². The Morgan fingerprint density at radius 3 is 2.78 bits per heavy atom. The van der Waals surface area contributed by atoms with E-state index < -0.39 is 12.0 Å². The van der Waals surface area contributed by atoms with Gasteiger partial charge in [0.05, 0.1) is 19.1 Å². The van der Waals surface area contributed by atoms with E-state index in [1.807, 2.05) is 0 Å². The third kappa shape index (κ3) is 5.26. The molecule has 0 saturated heterocycles. The van der Waals surface area contributed by atoms with Gasteiger partial charge in [-0.05, 0) is 0 Å². The summed E-state index contributed by atoms with van der Waals surface area (Å²) in [5.41, 5.74) is 4.77. The van der Waals surface area contributed by atoms with Crippen LogP contribution in [0.15, 0.2) is 0 Å². The maximum Gasteiger partial charge on any atom is 0.220 e. The van der Waals surface area contributed by atoms with Crippen LogP contribution >= 0.6 is 0 Å². The van der Waals surface area contributed by atoms with Gasteiger partial charge in [-0.15, -0.1) is 0 Å². The van der Waals surface area contributed by atoms with Gasteiger partial charge in [-0.25, -0.2) is 0 Å². The monoisotopic (exact) mass is 133 g/mol. The molecule has 0 bridgehead atoms. The lowest BCUT2D eigenvalue weighted by Crippen LogP contribution is -2.23. The standard InChI is InChI=1S/C5H11NO3/c1-9-3-4(7)2-5(6)8/h4,7H,2-3H2,1H3,(H2,6,8). The number of hydrogen-bond acceptors (Lipinski definition) is 3. The van der Waals surface area contributed by atoms with Gasteiger partial charge in [-0.3, -0.25) is 4.79 Å². The Hall–Kier alpha value is -0.610. The lowest BCUT2D eigenvalue weighted by molar-refractivity contribution is -0.120. The van der Waals surface area contributed by atoms with Crippen molar-refractivity contribution in [2.24, 2.45) is 5.73 Å². The van der Waals surface area contributed by atoms with E-state index in [0.29, 0.717) is 0 Å². The minimum atomic E-state index is -0.757. The van der Waals surface area contributed by atoms with Gasteiger partial charge in [0.1, 0.15) is 0 Å². The van der Waals surface area contributed by atoms with Gasteiger partial charge in [0, 0.05) is 7.11 Å². The number of primary amides is 1. The van der Waals surface area contributed by atoms with Crippen LogP contribution in [-0.4, -0.2) is 30.8 Å². The average Bonchev–Trinajstić information content (AvgIpc) is 1.63. The average molecular weight is 133 g/mol. The molecule has 3 N–H and O–H groups in total. The summed E-state index contributed by atoms with van der Waals surface area (Å²) in [5, 5.41) is 8.79. The molecule has 0 aliphatic rings. The number of hydrogen-bond donors (Lipinski definition) is 2. The van der Waals surface area contributed by atoms with Crippen LogP contribution in [0, 0.1) is 0 Å². The first-order valence-corrected chi connectivity index (χ1v) is 2.62. The Bertz CT molecular complexity index is 94.2. The Balaban J connectivity index is 3.26. The second-order valence-corrected chi connectivity index (χ2v) is 1.78. The van der Waals surface area contributed by atoms with Crippen LogP contribution in [0.1, 0.15) is 6.42 Å². The molecule has 0 saturated carbocycles. The van der Waals surface area contributed by atoms with Crippen LogP contribution in [0.4, 0.5) is 0 Å². The van der Waals surface area contributed by atoms with Gasteiger partial charge < -0.3 is 15.6 Å². The molecule has 4 heteroatoms. The molecule has 0 radical (unpaired) electrons. The van der Waals surface area contributed by atoms with Crippen molar-refractivity contribution in [2.75, 3.05) is 13.7 Å². The topological polar surface area (TPSA) is 72.6 Å². The SMILES string of the molecule is COCC(O)CC(N)=O. The molecule has 0 rings (SSSR count). The lowest BCUT2D eigenvalue weighted by atomic mass is 10.3. The third-order valence-corrected chi connectivity index (χ3v) is 0.796. The van der Waals surface area contributed by atoms with Crippen LogP contribution in [0.25, 0.3) is 0 Å². The van der Waals surface area contributed by atoms with Crippen LogP contribution in [0.5, 0.6) is 0 Å². The molecule has 0 aliphatic heterocycles. The summed E-state index contributed by atoms with van der Waals surface area (Å²) < 4.78 is 4.55. The number of aliphatic hydroxyl groups excluding tert-OH is 1. The number of aliphatic hydroxyl groups is 1. The fourth-order valence-electron chi connectivity index (χ4n) is 0.484. The highest BCUT2D eigenvalue weighted by molar-refractivity contribution is 5.74. The van der Waals surface area contributed by atoms with Gasteiger partial charge in [0.25, 0.3) is 0 Å². The summed E-state index contributed by atoms with van der Waals surface area (Å²) in [6, 6.07) is 0. The van der Waals surface area contributed by atoms with Gasteiger partial charge >= 0.3 is 0 Å². The van der Waals surface area contributed by atoms with E-state index in [2.05, 4.69) is 4.74 Å². The highest BCUT2D eigenvalue weighted by Gasteiger charge is 2.05. The van der Waals surface area contributed by atoms with E-state index in [4.69, 9.17) is 10.8 Å². The van der Waals surface area contributed by atoms with Crippen LogP contribution in [0.2, 0.25) is 0 Å². The first kappa shape index (κ1) is 8.39. The molecule has 0 aliphatic carbocycles. The normalized spacial score (nSPS) is 13.1. The third-order valence-electron chi connectivity index (χ3n) is 0.796. The van der Waals surface area contributed by atoms with Crippen molar-refractivity contribution in [3.8, 4) is 0 Å². The predicted molar refractivity (Wildman–Crippen MR) is 31.7 cm³/mol. The number of carbonyl (C=O) groups is 1. The molecule has 0 spiro atoms. The second-order valence-electron chi connectivity index (χ2n) is 1.78. The minimum Gasteiger partial charge on any atom is -0.390 e. The minimum absolute atomic E-state index is 0.0339. The van der Waals surface area contributed by atoms with E-state index in [-0.39, 0.29) is 13.0 Å². The van der Waals surface area contributed by atoms with Crippen molar-refractivity contribution in [1.82, 2.24) is 0 Å². The highest BCUT2D eigenvalue weighted by Crippen LogP contribution is 1.88. The van der Waals surface area contributed by atoms with Gasteiger partial charge in [0.2, 0.25) is 5.91 Å². The molecule has 0 heterocycles. The van der Waals surface area contributed by atoms with Crippen molar-refractivity contribution >= 4 is 5.91 Å². The quantitative estimate of drug-likeness (QED) is 0.509. The number of carbonyl (C=O) groups excluding carboxylic acids is 1. The number of rotatable bonds is 4. The van der Waals surface area contributed by atoms with Gasteiger partial charge in [-0.1, -0.05) is 0 Å². The molecule has 1 unspecified atom stereocenters. The molecule has 4 nitrogen and oxygen atoms in total. The summed E-state index contributed by atoms with van der Waals surface area (Å²) in [4.78, 5) is 10.1. The van der Waals surface area contributed by atoms with Gasteiger partial charge in [-0.2, -0.15) is 0 Å². The summed E-state index contributed by atoms with van der Waals surface area (Å²) >= 11 is 0. The van der Waals surface area contributed by atoms with Crippen molar-refractivity contribution < 1.29 is 14.6 Å². The lowest BCUT2D eigenvalue weighted by Gasteiger charge is -2.04. The molecule has 0 fully saturated rings. The summed E-state index contributed by atoms with van der Waals surface area (Å²) in [6.07, 6.45) is -0.791. The highest BCUT2D eigenvalue weighted by atomic mass is 16.5. The van der Waals surface area contributed by atoms with E-state index in [9.17, 15) is 4.79 Å². The maximum absolute atomic E-state index is 10.1. The number of amides is 1. The predicted octanol–water partition coefficient (Wildman–Crippen LogP) is -1.13. The number of ether oxygens (including phenoxy) is 1. The molecule has 9 heavy (non-hydrogen) atoms. The fourth-order valence-corrected chi connectivity index (χ4v) is 0.484. The van der Waals surface area contributed by atoms with E-state index in [0.717, 1.165) is 0 Å². The summed E-state index contributed by atoms with van der Waals surface area (Å²) in [6.45, 7) is 0.156. The smallest absolute Gasteiger partial charge is 0.220 e. The summed E-state index contributed by atoms with van der Waals surface area (Å²) in [7, 11) is 1.45. The van der Waals surface area contributed by atoms with E-state index in [1.165, 1.54) is 7.11 Å². The van der Waals surface area contributed by atoms with Crippen LogP contribution in [0.3, 0.4) is 0 Å². The van der Waals surface area contributed by atoms with Crippen molar-refractivity contribution in [3.05, 3.63) is 0 Å². The fraction of sp³-hybridized carbons (Fsp3) is 0.800. The Labute approximate surface area is 53.6 Å². The molecule has 54 valence electrons. The Kier molecular flexibility index (Phi) is 4.00. The zero-order valence-corrected chi connectivity index (χ0v) is 5.33. The van der Waals surface area contributed by atoms with Crippen molar-refractivity contribution in [2.45, 2.75) is 12.5 Å². The molecule has 0 aromatic rings. The first-order valence-electron chi connectivity index (χ1n) is 2.62. The molecular formula is C5H11NO3. The number of methoxy groups -OCH3 is 1. The zero-order chi connectivity index (χ0) is 7.28. The van der Waals surface area contributed by atoms with E-state index in [1.54, 1.807) is 0 Å². The largest absolute Gasteiger partial charge is 0.390 e. The molecule has 1 atom stereocenters. The second kappa shape index (κ2) is 4.29. The molecule has 1 amide bonds. The Morgan fingerprint density at radius 1 is 1.89 bits per heavy atom. The first-order chi connectivity index (χ1) is 4.16. The van der Waals surface area contributed by atoms with Crippen LogP contribution in [-0.2, 0) is 9.53 Å². The van der Waals surface area contributed by atoms with Crippen LogP contribution < -0.4 is 5.73 Å². The Morgan fingerprint density at radius 2 is 2.44 bits per heavy atom. The molecule has 0 aromatic heterocycles. The maximum atomic E-state index is 10.1. The van der Waals surface area contributed by atoms with E-state index >= 15 is 0 Å². The molecular weight excluding hydrogens is 122 g/mol. The van der Waals surface area contributed by atoms with Crippen molar-refractivity contribution in [1.29, 1.82) is 0 Å². The molecule has 0 aromatic carbocycles.